The van der Waals surface area contributed by atoms with Crippen molar-refractivity contribution in [2.24, 2.45) is 0 Å². The number of carbonyl (C=O) groups excluding carboxylic acids is 1. The Morgan fingerprint density at radius 1 is 1.26 bits per heavy atom. The molecule has 1 amide bonds. The maximum Gasteiger partial charge on any atom is 0.269 e. The Kier molecular flexibility index (Phi) is 4.80. The number of non-ortho nitro benzene ring substituents is 1. The SMILES string of the molecule is COc1cc(C(=O)NCc2cc([N+](=O)[O-])ccc2[O-])ccc1C. The Hall–Kier alpha value is -3.09. The lowest BCUT2D eigenvalue weighted by molar-refractivity contribution is -0.385. The van der Waals surface area contributed by atoms with Gasteiger partial charge in [0.1, 0.15) is 5.75 Å². The molecule has 1 N–H and O–H groups in total. The second kappa shape index (κ2) is 6.78. The number of carbonyl (C=O) groups is 1. The van der Waals surface area contributed by atoms with Crippen molar-refractivity contribution in [1.29, 1.82) is 0 Å². The third kappa shape index (κ3) is 3.76. The van der Waals surface area contributed by atoms with E-state index in [1.807, 2.05) is 6.92 Å². The monoisotopic (exact) mass is 315 g/mol. The summed E-state index contributed by atoms with van der Waals surface area (Å²) in [6, 6.07) is 8.40. The smallest absolute Gasteiger partial charge is 0.269 e. The highest BCUT2D eigenvalue weighted by Crippen LogP contribution is 2.21. The zero-order chi connectivity index (χ0) is 17.0. The summed E-state index contributed by atoms with van der Waals surface area (Å²) in [4.78, 5) is 22.3. The first-order valence-corrected chi connectivity index (χ1v) is 6.79. The first kappa shape index (κ1) is 16.3. The van der Waals surface area contributed by atoms with Crippen LogP contribution in [0.2, 0.25) is 0 Å². The molecule has 0 radical (unpaired) electrons. The van der Waals surface area contributed by atoms with E-state index in [1.165, 1.54) is 13.2 Å². The lowest BCUT2D eigenvalue weighted by Crippen LogP contribution is -2.23. The highest BCUT2D eigenvalue weighted by Gasteiger charge is 2.10. The molecule has 0 saturated heterocycles. The van der Waals surface area contributed by atoms with E-state index in [4.69, 9.17) is 4.74 Å². The number of nitrogens with one attached hydrogen (secondary N) is 1. The molecule has 0 aromatic heterocycles. The van der Waals surface area contributed by atoms with Crippen molar-refractivity contribution in [1.82, 2.24) is 5.32 Å². The molecular weight excluding hydrogens is 300 g/mol. The van der Waals surface area contributed by atoms with Crippen molar-refractivity contribution in [3.05, 3.63) is 63.2 Å². The molecule has 0 unspecified atom stereocenters. The van der Waals surface area contributed by atoms with Crippen LogP contribution in [-0.4, -0.2) is 17.9 Å². The molecule has 0 saturated carbocycles. The minimum Gasteiger partial charge on any atom is -0.872 e. The number of hydrogen-bond acceptors (Lipinski definition) is 5. The molecule has 23 heavy (non-hydrogen) atoms. The van der Waals surface area contributed by atoms with Crippen LogP contribution in [0.3, 0.4) is 0 Å². The number of ether oxygens (including phenoxy) is 1. The van der Waals surface area contributed by atoms with Gasteiger partial charge in [0.15, 0.2) is 0 Å². The summed E-state index contributed by atoms with van der Waals surface area (Å²) < 4.78 is 5.15. The molecule has 0 bridgehead atoms. The summed E-state index contributed by atoms with van der Waals surface area (Å²) in [5.41, 5.74) is 1.24. The number of nitro groups is 1. The maximum absolute atomic E-state index is 12.1. The minimum atomic E-state index is -0.588. The number of benzene rings is 2. The van der Waals surface area contributed by atoms with Crippen LogP contribution in [0.25, 0.3) is 0 Å². The van der Waals surface area contributed by atoms with Gasteiger partial charge in [0.05, 0.1) is 12.0 Å². The summed E-state index contributed by atoms with van der Waals surface area (Å²) >= 11 is 0. The molecular formula is C16H15N2O5-. The van der Waals surface area contributed by atoms with Gasteiger partial charge in [-0.15, -0.1) is 5.75 Å². The quantitative estimate of drug-likeness (QED) is 0.670. The number of hydrogen-bond donors (Lipinski definition) is 1. The number of amides is 1. The van der Waals surface area contributed by atoms with Crippen molar-refractivity contribution in [3.8, 4) is 11.5 Å². The molecule has 2 rings (SSSR count). The van der Waals surface area contributed by atoms with Crippen molar-refractivity contribution in [2.75, 3.05) is 7.11 Å². The fraction of sp³-hybridized carbons (Fsp3) is 0.188. The van der Waals surface area contributed by atoms with Crippen LogP contribution in [-0.2, 0) is 6.54 Å². The summed E-state index contributed by atoms with van der Waals surface area (Å²) in [7, 11) is 1.51. The van der Waals surface area contributed by atoms with E-state index < -0.39 is 10.8 Å². The number of nitrogens with zero attached hydrogens (tertiary/aromatic N) is 1. The van der Waals surface area contributed by atoms with Crippen LogP contribution < -0.4 is 15.2 Å². The lowest BCUT2D eigenvalue weighted by atomic mass is 10.1. The van der Waals surface area contributed by atoms with Gasteiger partial charge in [-0.1, -0.05) is 12.1 Å². The van der Waals surface area contributed by atoms with Crippen LogP contribution >= 0.6 is 0 Å². The van der Waals surface area contributed by atoms with E-state index in [1.54, 1.807) is 18.2 Å². The zero-order valence-electron chi connectivity index (χ0n) is 12.7. The Morgan fingerprint density at radius 3 is 2.65 bits per heavy atom. The first-order chi connectivity index (χ1) is 10.9. The molecule has 120 valence electrons. The van der Waals surface area contributed by atoms with Crippen molar-refractivity contribution >= 4 is 11.6 Å². The van der Waals surface area contributed by atoms with E-state index in [-0.39, 0.29) is 23.5 Å². The average molecular weight is 315 g/mol. The van der Waals surface area contributed by atoms with Crippen molar-refractivity contribution in [3.63, 3.8) is 0 Å². The van der Waals surface area contributed by atoms with Crippen molar-refractivity contribution < 1.29 is 19.6 Å². The Bertz CT molecular complexity index is 758. The highest BCUT2D eigenvalue weighted by molar-refractivity contribution is 5.94. The third-order valence-electron chi connectivity index (χ3n) is 3.36. The molecule has 0 spiro atoms. The Morgan fingerprint density at radius 2 is 2.00 bits per heavy atom. The second-order valence-electron chi connectivity index (χ2n) is 4.92. The average Bonchev–Trinajstić information content (AvgIpc) is 2.54. The maximum atomic E-state index is 12.1. The molecule has 7 nitrogen and oxygen atoms in total. The second-order valence-corrected chi connectivity index (χ2v) is 4.92. The van der Waals surface area contributed by atoms with Crippen LogP contribution in [0, 0.1) is 17.0 Å². The van der Waals surface area contributed by atoms with Gasteiger partial charge in [-0.25, -0.2) is 0 Å². The molecule has 7 heteroatoms. The lowest BCUT2D eigenvalue weighted by Gasteiger charge is -2.14. The Labute approximate surface area is 132 Å². The zero-order valence-corrected chi connectivity index (χ0v) is 12.7. The van der Waals surface area contributed by atoms with Crippen LogP contribution in [0.1, 0.15) is 21.5 Å². The summed E-state index contributed by atoms with van der Waals surface area (Å²) in [5, 5.41) is 25.0. The third-order valence-corrected chi connectivity index (χ3v) is 3.36. The number of methoxy groups -OCH3 is 1. The highest BCUT2D eigenvalue weighted by atomic mass is 16.6. The number of rotatable bonds is 5. The van der Waals surface area contributed by atoms with Gasteiger partial charge in [-0.05, 0) is 30.2 Å². The predicted molar refractivity (Wildman–Crippen MR) is 81.4 cm³/mol. The molecule has 0 heterocycles. The van der Waals surface area contributed by atoms with E-state index in [0.29, 0.717) is 11.3 Å². The Balaban J connectivity index is 2.13. The summed E-state index contributed by atoms with van der Waals surface area (Å²) in [6.45, 7) is 1.77. The van der Waals surface area contributed by atoms with Crippen molar-refractivity contribution in [2.45, 2.75) is 13.5 Å². The number of aryl methyl sites for hydroxylation is 1. The van der Waals surface area contributed by atoms with Crippen LogP contribution in [0.4, 0.5) is 5.69 Å². The van der Waals surface area contributed by atoms with Gasteiger partial charge in [0, 0.05) is 24.2 Å². The largest absolute Gasteiger partial charge is 0.872 e. The summed E-state index contributed by atoms with van der Waals surface area (Å²) in [6.07, 6.45) is 0. The van der Waals surface area contributed by atoms with Gasteiger partial charge < -0.3 is 15.2 Å². The number of nitro benzene ring substituents is 1. The van der Waals surface area contributed by atoms with Gasteiger partial charge >= 0.3 is 0 Å². The molecule has 2 aromatic rings. The molecule has 0 aliphatic carbocycles. The van der Waals surface area contributed by atoms with Crippen LogP contribution in [0.15, 0.2) is 36.4 Å². The summed E-state index contributed by atoms with van der Waals surface area (Å²) in [5.74, 6) is -0.177. The van der Waals surface area contributed by atoms with Gasteiger partial charge in [0.25, 0.3) is 11.6 Å². The fourth-order valence-electron chi connectivity index (χ4n) is 2.06. The topological polar surface area (TPSA) is 105 Å². The molecule has 0 atom stereocenters. The van der Waals surface area contributed by atoms with Gasteiger partial charge in [-0.2, -0.15) is 0 Å². The normalized spacial score (nSPS) is 10.2. The van der Waals surface area contributed by atoms with Crippen LogP contribution in [0.5, 0.6) is 11.5 Å². The fourth-order valence-corrected chi connectivity index (χ4v) is 2.06. The molecule has 0 aliphatic rings. The van der Waals surface area contributed by atoms with E-state index >= 15 is 0 Å². The standard InChI is InChI=1S/C16H16N2O5/c1-10-3-4-11(8-15(10)23-2)16(20)17-9-12-7-13(18(21)22)5-6-14(12)19/h3-8,19H,9H2,1-2H3,(H,17,20)/p-1. The molecule has 0 aliphatic heterocycles. The van der Waals surface area contributed by atoms with Gasteiger partial charge in [0.2, 0.25) is 0 Å². The molecule has 2 aromatic carbocycles. The van der Waals surface area contributed by atoms with Gasteiger partial charge in [-0.3, -0.25) is 14.9 Å². The molecule has 0 fully saturated rings. The minimum absolute atomic E-state index is 0.0878. The van der Waals surface area contributed by atoms with E-state index in [9.17, 15) is 20.0 Å². The predicted octanol–water partition coefficient (Wildman–Crippen LogP) is 1.92. The van der Waals surface area contributed by atoms with E-state index in [0.717, 1.165) is 17.7 Å². The first-order valence-electron chi connectivity index (χ1n) is 6.79. The van der Waals surface area contributed by atoms with E-state index in [2.05, 4.69) is 5.32 Å².